The molecule has 0 aliphatic carbocycles. The number of nitrogens with one attached hydrogen (secondary N) is 1. The SMILES string of the molecule is CCCC1NC(c2cccc(F)c2)N(CC)C1=O. The Kier molecular flexibility index (Phi) is 3.97. The molecule has 1 fully saturated rings. The smallest absolute Gasteiger partial charge is 0.241 e. The van der Waals surface area contributed by atoms with Crippen LogP contribution in [0.1, 0.15) is 38.4 Å². The van der Waals surface area contributed by atoms with Crippen molar-refractivity contribution in [3.8, 4) is 0 Å². The molecule has 0 bridgehead atoms. The lowest BCUT2D eigenvalue weighted by molar-refractivity contribution is -0.130. The molecule has 0 aromatic heterocycles. The maximum Gasteiger partial charge on any atom is 0.241 e. The van der Waals surface area contributed by atoms with Crippen LogP contribution in [0.3, 0.4) is 0 Å². The molecule has 2 rings (SSSR count). The van der Waals surface area contributed by atoms with Gasteiger partial charge >= 0.3 is 0 Å². The van der Waals surface area contributed by atoms with Crippen LogP contribution in [0.5, 0.6) is 0 Å². The second kappa shape index (κ2) is 5.48. The van der Waals surface area contributed by atoms with Crippen LogP contribution in [0.25, 0.3) is 0 Å². The summed E-state index contributed by atoms with van der Waals surface area (Å²) in [6.45, 7) is 4.63. The van der Waals surface area contributed by atoms with Crippen LogP contribution in [0.2, 0.25) is 0 Å². The maximum atomic E-state index is 13.3. The van der Waals surface area contributed by atoms with E-state index >= 15 is 0 Å². The highest BCUT2D eigenvalue weighted by molar-refractivity contribution is 5.84. The number of nitrogens with zero attached hydrogens (tertiary/aromatic N) is 1. The number of carbonyl (C=O) groups excluding carboxylic acids is 1. The van der Waals surface area contributed by atoms with Gasteiger partial charge in [-0.05, 0) is 31.0 Å². The van der Waals surface area contributed by atoms with Crippen molar-refractivity contribution in [1.29, 1.82) is 0 Å². The van der Waals surface area contributed by atoms with Crippen LogP contribution in [0.15, 0.2) is 24.3 Å². The van der Waals surface area contributed by atoms with E-state index in [1.807, 2.05) is 13.0 Å². The minimum Gasteiger partial charge on any atom is -0.322 e. The summed E-state index contributed by atoms with van der Waals surface area (Å²) in [5, 5.41) is 3.30. The molecule has 18 heavy (non-hydrogen) atoms. The van der Waals surface area contributed by atoms with E-state index in [0.29, 0.717) is 6.54 Å². The highest BCUT2D eigenvalue weighted by Crippen LogP contribution is 2.26. The predicted molar refractivity (Wildman–Crippen MR) is 68.4 cm³/mol. The molecule has 0 radical (unpaired) electrons. The first kappa shape index (κ1) is 13.0. The Bertz CT molecular complexity index is 436. The fourth-order valence-corrected chi connectivity index (χ4v) is 2.47. The Balaban J connectivity index is 2.24. The molecular formula is C14H19FN2O. The van der Waals surface area contributed by atoms with Gasteiger partial charge in [-0.25, -0.2) is 4.39 Å². The van der Waals surface area contributed by atoms with E-state index in [-0.39, 0.29) is 23.9 Å². The monoisotopic (exact) mass is 250 g/mol. The minimum atomic E-state index is -0.267. The summed E-state index contributed by atoms with van der Waals surface area (Å²) in [4.78, 5) is 13.9. The zero-order valence-electron chi connectivity index (χ0n) is 10.8. The molecule has 1 aliphatic heterocycles. The van der Waals surface area contributed by atoms with Crippen molar-refractivity contribution in [1.82, 2.24) is 10.2 Å². The second-order valence-electron chi connectivity index (χ2n) is 4.59. The molecule has 3 nitrogen and oxygen atoms in total. The van der Waals surface area contributed by atoms with E-state index in [1.165, 1.54) is 12.1 Å². The Morgan fingerprint density at radius 3 is 2.78 bits per heavy atom. The second-order valence-corrected chi connectivity index (χ2v) is 4.59. The molecule has 0 saturated carbocycles. The van der Waals surface area contributed by atoms with Gasteiger partial charge in [-0.2, -0.15) is 0 Å². The summed E-state index contributed by atoms with van der Waals surface area (Å²) < 4.78 is 13.3. The zero-order valence-corrected chi connectivity index (χ0v) is 10.8. The van der Waals surface area contributed by atoms with E-state index in [4.69, 9.17) is 0 Å². The fraction of sp³-hybridized carbons (Fsp3) is 0.500. The van der Waals surface area contributed by atoms with Gasteiger partial charge in [0.25, 0.3) is 0 Å². The van der Waals surface area contributed by atoms with Crippen LogP contribution in [0, 0.1) is 5.82 Å². The minimum absolute atomic E-state index is 0.119. The van der Waals surface area contributed by atoms with E-state index in [0.717, 1.165) is 18.4 Å². The van der Waals surface area contributed by atoms with Crippen LogP contribution in [0.4, 0.5) is 4.39 Å². The van der Waals surface area contributed by atoms with Crippen molar-refractivity contribution < 1.29 is 9.18 Å². The molecule has 1 aliphatic rings. The lowest BCUT2D eigenvalue weighted by Gasteiger charge is -2.22. The number of amides is 1. The van der Waals surface area contributed by atoms with Crippen LogP contribution in [-0.2, 0) is 4.79 Å². The van der Waals surface area contributed by atoms with Gasteiger partial charge in [0.1, 0.15) is 12.0 Å². The quantitative estimate of drug-likeness (QED) is 0.890. The van der Waals surface area contributed by atoms with Gasteiger partial charge in [0.2, 0.25) is 5.91 Å². The zero-order chi connectivity index (χ0) is 13.1. The Hall–Kier alpha value is -1.42. The highest BCUT2D eigenvalue weighted by Gasteiger charge is 2.37. The number of carbonyl (C=O) groups is 1. The summed E-state index contributed by atoms with van der Waals surface area (Å²) in [6, 6.07) is 6.30. The third-order valence-corrected chi connectivity index (χ3v) is 3.33. The van der Waals surface area contributed by atoms with Gasteiger partial charge in [0.15, 0.2) is 0 Å². The van der Waals surface area contributed by atoms with Crippen LogP contribution < -0.4 is 5.32 Å². The first-order valence-electron chi connectivity index (χ1n) is 6.49. The molecular weight excluding hydrogens is 231 g/mol. The van der Waals surface area contributed by atoms with Gasteiger partial charge in [-0.15, -0.1) is 0 Å². The number of rotatable bonds is 4. The Morgan fingerprint density at radius 2 is 2.17 bits per heavy atom. The van der Waals surface area contributed by atoms with E-state index in [2.05, 4.69) is 12.2 Å². The van der Waals surface area contributed by atoms with Crippen molar-refractivity contribution in [2.45, 2.75) is 38.9 Å². The maximum absolute atomic E-state index is 13.3. The van der Waals surface area contributed by atoms with Gasteiger partial charge < -0.3 is 4.90 Å². The van der Waals surface area contributed by atoms with Gasteiger partial charge in [-0.3, -0.25) is 10.1 Å². The molecule has 1 saturated heterocycles. The lowest BCUT2D eigenvalue weighted by atomic mass is 10.1. The molecule has 1 aromatic rings. The number of likely N-dealkylation sites (N-methyl/N-ethyl adjacent to an activating group) is 1. The summed E-state index contributed by atoms with van der Waals surface area (Å²) >= 11 is 0. The van der Waals surface area contributed by atoms with Gasteiger partial charge in [0, 0.05) is 6.54 Å². The largest absolute Gasteiger partial charge is 0.322 e. The van der Waals surface area contributed by atoms with Crippen molar-refractivity contribution in [3.05, 3.63) is 35.6 Å². The number of hydrogen-bond acceptors (Lipinski definition) is 2. The summed E-state index contributed by atoms with van der Waals surface area (Å²) in [5.74, 6) is -0.148. The number of halogens is 1. The fourth-order valence-electron chi connectivity index (χ4n) is 2.47. The number of benzene rings is 1. The Morgan fingerprint density at radius 1 is 1.39 bits per heavy atom. The van der Waals surface area contributed by atoms with Gasteiger partial charge in [-0.1, -0.05) is 25.5 Å². The van der Waals surface area contributed by atoms with Crippen molar-refractivity contribution in [2.75, 3.05) is 6.54 Å². The van der Waals surface area contributed by atoms with Crippen molar-refractivity contribution >= 4 is 5.91 Å². The highest BCUT2D eigenvalue weighted by atomic mass is 19.1. The third kappa shape index (κ3) is 2.38. The average Bonchev–Trinajstić information content (AvgIpc) is 2.67. The summed E-state index contributed by atoms with van der Waals surface area (Å²) in [7, 11) is 0. The normalized spacial score (nSPS) is 23.7. The lowest BCUT2D eigenvalue weighted by Crippen LogP contribution is -2.30. The first-order valence-corrected chi connectivity index (χ1v) is 6.49. The van der Waals surface area contributed by atoms with Crippen molar-refractivity contribution in [2.24, 2.45) is 0 Å². The molecule has 1 amide bonds. The summed E-state index contributed by atoms with van der Waals surface area (Å²) in [6.07, 6.45) is 1.58. The molecule has 4 heteroatoms. The molecule has 2 atom stereocenters. The van der Waals surface area contributed by atoms with E-state index < -0.39 is 0 Å². The molecule has 0 spiro atoms. The molecule has 98 valence electrons. The standard InChI is InChI=1S/C14H19FN2O/c1-3-6-12-14(18)17(4-2)13(16-12)10-7-5-8-11(15)9-10/h5,7-9,12-13,16H,3-4,6H2,1-2H3. The number of hydrogen-bond donors (Lipinski definition) is 1. The Labute approximate surface area is 107 Å². The molecule has 1 heterocycles. The van der Waals surface area contributed by atoms with Gasteiger partial charge in [0.05, 0.1) is 6.04 Å². The van der Waals surface area contributed by atoms with Crippen molar-refractivity contribution in [3.63, 3.8) is 0 Å². The van der Waals surface area contributed by atoms with Crippen LogP contribution >= 0.6 is 0 Å². The van der Waals surface area contributed by atoms with E-state index in [1.54, 1.807) is 11.0 Å². The molecule has 1 N–H and O–H groups in total. The predicted octanol–water partition coefficient (Wildman–Crippen LogP) is 2.44. The van der Waals surface area contributed by atoms with E-state index in [9.17, 15) is 9.18 Å². The topological polar surface area (TPSA) is 32.3 Å². The van der Waals surface area contributed by atoms with Crippen LogP contribution in [-0.4, -0.2) is 23.4 Å². The molecule has 2 unspecified atom stereocenters. The third-order valence-electron chi connectivity index (χ3n) is 3.33. The summed E-state index contributed by atoms with van der Waals surface area (Å²) in [5.41, 5.74) is 0.809. The average molecular weight is 250 g/mol. The first-order chi connectivity index (χ1) is 8.67. The molecule has 1 aromatic carbocycles.